The molecule has 3 aliphatic heterocycles. The van der Waals surface area contributed by atoms with Crippen LogP contribution in [0.25, 0.3) is 0 Å². The summed E-state index contributed by atoms with van der Waals surface area (Å²) in [5.74, 6) is 2.11. The van der Waals surface area contributed by atoms with Crippen LogP contribution in [0.15, 0.2) is 12.4 Å². The van der Waals surface area contributed by atoms with Gasteiger partial charge in [0.05, 0.1) is 5.56 Å². The van der Waals surface area contributed by atoms with E-state index in [0.29, 0.717) is 44.2 Å². The fourth-order valence-corrected chi connectivity index (χ4v) is 6.68. The smallest absolute Gasteiger partial charge is 0.283 e. The maximum absolute atomic E-state index is 13.2. The molecule has 3 aliphatic rings. The van der Waals surface area contributed by atoms with E-state index in [4.69, 9.17) is 0 Å². The summed E-state index contributed by atoms with van der Waals surface area (Å²) >= 11 is 0. The highest BCUT2D eigenvalue weighted by molar-refractivity contribution is 7.88. The number of halogens is 2. The average Bonchev–Trinajstić information content (AvgIpc) is 3.17. The Morgan fingerprint density at radius 2 is 1.95 bits per heavy atom. The second kappa shape index (κ2) is 8.93. The molecule has 37 heavy (non-hydrogen) atoms. The molecule has 0 spiro atoms. The summed E-state index contributed by atoms with van der Waals surface area (Å²) in [6, 6.07) is 3.00. The lowest BCUT2D eigenvalue weighted by Gasteiger charge is -2.46. The van der Waals surface area contributed by atoms with Crippen LogP contribution in [0.2, 0.25) is 0 Å². The molecule has 0 saturated carbocycles. The number of hydrogen-bond acceptors (Lipinski definition) is 9. The normalized spacial score (nSPS) is 26.6. The average molecular weight is 531 g/mol. The molecular weight excluding hydrogens is 502 g/mol. The van der Waals surface area contributed by atoms with Gasteiger partial charge in [-0.05, 0) is 20.3 Å². The van der Waals surface area contributed by atoms with Gasteiger partial charge in [0, 0.05) is 65.8 Å². The van der Waals surface area contributed by atoms with Gasteiger partial charge in [-0.25, -0.2) is 18.7 Å². The van der Waals surface area contributed by atoms with Gasteiger partial charge < -0.3 is 14.7 Å². The van der Waals surface area contributed by atoms with Crippen molar-refractivity contribution in [3.05, 3.63) is 29.2 Å². The third kappa shape index (κ3) is 4.02. The van der Waals surface area contributed by atoms with Crippen LogP contribution in [0.3, 0.4) is 0 Å². The summed E-state index contributed by atoms with van der Waals surface area (Å²) in [6.07, 6.45) is -0.800. The standard InChI is InChI=1S/C24H28F2N8O2S/c1-14-11-32(6-7-33(14)22(35)24(4)5-8-37(24)36)20-17-21(29-13-28-20)34(12-23(17,2)3)16-9-15(10-27)18(19(25)26)31-30-16/h9,13-14,19H,5-8,11-12H2,1-4H3. The van der Waals surface area contributed by atoms with Crippen LogP contribution in [0.1, 0.15) is 57.4 Å². The van der Waals surface area contributed by atoms with E-state index in [0.717, 1.165) is 11.4 Å². The number of anilines is 3. The Hall–Kier alpha value is -3.27. The Morgan fingerprint density at radius 1 is 1.22 bits per heavy atom. The van der Waals surface area contributed by atoms with Crippen LogP contribution in [0.5, 0.6) is 0 Å². The van der Waals surface area contributed by atoms with E-state index in [9.17, 15) is 23.0 Å². The maximum atomic E-state index is 13.2. The third-order valence-electron chi connectivity index (χ3n) is 7.61. The van der Waals surface area contributed by atoms with Crippen LogP contribution in [0, 0.1) is 11.3 Å². The molecule has 1 amide bonds. The van der Waals surface area contributed by atoms with Crippen LogP contribution in [-0.2, 0) is 21.0 Å². The Kier molecular flexibility index (Phi) is 6.13. The Bertz CT molecular complexity index is 1330. The number of amides is 1. The van der Waals surface area contributed by atoms with Crippen molar-refractivity contribution in [2.45, 2.75) is 56.7 Å². The summed E-state index contributed by atoms with van der Waals surface area (Å²) in [5.41, 5.74) is -0.410. The van der Waals surface area contributed by atoms with Gasteiger partial charge in [-0.1, -0.05) is 13.8 Å². The first kappa shape index (κ1) is 25.4. The van der Waals surface area contributed by atoms with E-state index < -0.39 is 33.1 Å². The lowest BCUT2D eigenvalue weighted by molar-refractivity contribution is -0.136. The summed E-state index contributed by atoms with van der Waals surface area (Å²) < 4.78 is 37.9. The largest absolute Gasteiger partial charge is 0.352 e. The minimum absolute atomic E-state index is 0.0530. The van der Waals surface area contributed by atoms with Crippen molar-refractivity contribution < 1.29 is 17.8 Å². The summed E-state index contributed by atoms with van der Waals surface area (Å²) in [7, 11) is -1.13. The van der Waals surface area contributed by atoms with E-state index >= 15 is 0 Å². The SMILES string of the molecule is CC1CN(c2ncnc3c2C(C)(C)CN3c2cc(C#N)c(C(F)F)nn2)CCN1C(=O)C1(C)CCS1=O. The van der Waals surface area contributed by atoms with Gasteiger partial charge >= 0.3 is 0 Å². The molecule has 2 saturated heterocycles. The maximum Gasteiger partial charge on any atom is 0.283 e. The van der Waals surface area contributed by atoms with Gasteiger partial charge in [0.25, 0.3) is 6.43 Å². The van der Waals surface area contributed by atoms with Crippen molar-refractivity contribution in [1.82, 2.24) is 25.1 Å². The number of nitrogens with zero attached hydrogens (tertiary/aromatic N) is 8. The second-order valence-electron chi connectivity index (χ2n) is 10.6. The number of fused-ring (bicyclic) bond motifs is 1. The van der Waals surface area contributed by atoms with Crippen molar-refractivity contribution in [3.8, 4) is 6.07 Å². The first-order valence-corrected chi connectivity index (χ1v) is 13.4. The van der Waals surface area contributed by atoms with Crippen molar-refractivity contribution in [1.29, 1.82) is 5.26 Å². The topological polar surface area (TPSA) is 119 Å². The lowest BCUT2D eigenvalue weighted by Crippen LogP contribution is -2.63. The number of aromatic nitrogens is 4. The number of carbonyl (C=O) groups is 1. The van der Waals surface area contributed by atoms with Crippen LogP contribution >= 0.6 is 0 Å². The van der Waals surface area contributed by atoms with E-state index in [2.05, 4.69) is 25.1 Å². The van der Waals surface area contributed by atoms with Gasteiger partial charge in [-0.2, -0.15) is 5.26 Å². The van der Waals surface area contributed by atoms with Crippen LogP contribution in [-0.4, -0.2) is 77.9 Å². The monoisotopic (exact) mass is 530 g/mol. The molecule has 0 radical (unpaired) electrons. The highest BCUT2D eigenvalue weighted by Gasteiger charge is 2.50. The van der Waals surface area contributed by atoms with Crippen molar-refractivity contribution in [2.75, 3.05) is 41.7 Å². The lowest BCUT2D eigenvalue weighted by atomic mass is 9.87. The highest BCUT2D eigenvalue weighted by atomic mass is 32.2. The number of rotatable bonds is 4. The highest BCUT2D eigenvalue weighted by Crippen LogP contribution is 2.46. The van der Waals surface area contributed by atoms with Crippen molar-refractivity contribution >= 4 is 34.2 Å². The molecule has 0 aromatic carbocycles. The minimum Gasteiger partial charge on any atom is -0.352 e. The zero-order chi connectivity index (χ0) is 26.7. The van der Waals surface area contributed by atoms with Crippen LogP contribution < -0.4 is 9.80 Å². The van der Waals surface area contributed by atoms with Gasteiger partial charge in [0.1, 0.15) is 34.5 Å². The number of nitriles is 1. The van der Waals surface area contributed by atoms with Crippen molar-refractivity contribution in [3.63, 3.8) is 0 Å². The molecule has 196 valence electrons. The number of piperazine rings is 1. The van der Waals surface area contributed by atoms with Gasteiger partial charge in [0.2, 0.25) is 5.91 Å². The van der Waals surface area contributed by atoms with Gasteiger partial charge in [0.15, 0.2) is 5.82 Å². The van der Waals surface area contributed by atoms with E-state index in [1.54, 1.807) is 17.9 Å². The molecule has 5 heterocycles. The number of alkyl halides is 2. The van der Waals surface area contributed by atoms with E-state index in [-0.39, 0.29) is 23.3 Å². The van der Waals surface area contributed by atoms with E-state index in [1.807, 2.05) is 25.7 Å². The molecule has 3 atom stereocenters. The molecule has 3 unspecified atom stereocenters. The third-order valence-corrected chi connectivity index (χ3v) is 9.57. The number of carbonyl (C=O) groups excluding carboxylic acids is 1. The molecule has 2 fully saturated rings. The molecule has 2 aromatic rings. The molecule has 0 N–H and O–H groups in total. The Labute approximate surface area is 216 Å². The van der Waals surface area contributed by atoms with Crippen molar-refractivity contribution in [2.24, 2.45) is 0 Å². The van der Waals surface area contributed by atoms with Gasteiger partial charge in [-0.3, -0.25) is 9.00 Å². The van der Waals surface area contributed by atoms with Crippen LogP contribution in [0.4, 0.5) is 26.2 Å². The molecule has 10 nitrogen and oxygen atoms in total. The van der Waals surface area contributed by atoms with E-state index in [1.165, 1.54) is 12.4 Å². The predicted octanol–water partition coefficient (Wildman–Crippen LogP) is 2.45. The summed E-state index contributed by atoms with van der Waals surface area (Å²) in [5, 5.41) is 17.0. The first-order chi connectivity index (χ1) is 17.5. The van der Waals surface area contributed by atoms with Gasteiger partial charge in [-0.15, -0.1) is 10.2 Å². The quantitative estimate of drug-likeness (QED) is 0.587. The predicted molar refractivity (Wildman–Crippen MR) is 133 cm³/mol. The molecule has 0 aliphatic carbocycles. The summed E-state index contributed by atoms with van der Waals surface area (Å²) in [4.78, 5) is 28.0. The fraction of sp³-hybridized carbons (Fsp3) is 0.583. The first-order valence-electron chi connectivity index (χ1n) is 12.1. The Balaban J connectivity index is 1.44. The second-order valence-corrected chi connectivity index (χ2v) is 12.6. The molecular formula is C24H28F2N8O2S. The molecule has 0 bridgehead atoms. The summed E-state index contributed by atoms with van der Waals surface area (Å²) in [6.45, 7) is 9.90. The molecule has 13 heteroatoms. The number of hydrogen-bond donors (Lipinski definition) is 0. The zero-order valence-electron chi connectivity index (χ0n) is 21.1. The molecule has 5 rings (SSSR count). The fourth-order valence-electron chi connectivity index (χ4n) is 5.38. The zero-order valence-corrected chi connectivity index (χ0v) is 21.9. The molecule has 2 aromatic heterocycles. The Morgan fingerprint density at radius 3 is 2.54 bits per heavy atom. The minimum atomic E-state index is -2.90.